The van der Waals surface area contributed by atoms with Gasteiger partial charge in [0.05, 0.1) is 0 Å². The Morgan fingerprint density at radius 2 is 1.42 bits per heavy atom. The first-order chi connectivity index (χ1) is 8.82. The molecule has 0 radical (unpaired) electrons. The van der Waals surface area contributed by atoms with Crippen molar-refractivity contribution >= 4 is 17.5 Å². The largest absolute Gasteiger partial charge is 0.354 e. The van der Waals surface area contributed by atoms with Crippen LogP contribution in [0.15, 0.2) is 0 Å². The summed E-state index contributed by atoms with van der Waals surface area (Å²) < 4.78 is 0. The molecule has 0 heterocycles. The molecule has 0 atom stereocenters. The van der Waals surface area contributed by atoms with Crippen molar-refractivity contribution < 1.29 is 14.4 Å². The van der Waals surface area contributed by atoms with E-state index in [2.05, 4.69) is 5.32 Å². The van der Waals surface area contributed by atoms with Crippen LogP contribution in [-0.2, 0) is 14.4 Å². The lowest BCUT2D eigenvalue weighted by Gasteiger charge is -2.07. The number of amides is 1. The van der Waals surface area contributed by atoms with Crippen molar-refractivity contribution in [2.24, 2.45) is 5.92 Å². The van der Waals surface area contributed by atoms with Gasteiger partial charge in [0, 0.05) is 37.6 Å². The molecule has 0 aliphatic carbocycles. The average molecular weight is 269 g/mol. The maximum atomic E-state index is 11.5. The fourth-order valence-electron chi connectivity index (χ4n) is 1.68. The van der Waals surface area contributed by atoms with E-state index in [0.29, 0.717) is 25.7 Å². The predicted molar refractivity (Wildman–Crippen MR) is 75.8 cm³/mol. The molecule has 0 aliphatic heterocycles. The van der Waals surface area contributed by atoms with Gasteiger partial charge in [-0.05, 0) is 26.7 Å². The monoisotopic (exact) mass is 269 g/mol. The van der Waals surface area contributed by atoms with Crippen LogP contribution < -0.4 is 5.32 Å². The number of rotatable bonds is 10. The van der Waals surface area contributed by atoms with Gasteiger partial charge in [-0.3, -0.25) is 14.4 Å². The third-order valence-electron chi connectivity index (χ3n) is 2.85. The van der Waals surface area contributed by atoms with E-state index >= 15 is 0 Å². The van der Waals surface area contributed by atoms with Gasteiger partial charge in [0.25, 0.3) is 0 Å². The maximum absolute atomic E-state index is 11.5. The molecule has 110 valence electrons. The summed E-state index contributed by atoms with van der Waals surface area (Å²) >= 11 is 0. The summed E-state index contributed by atoms with van der Waals surface area (Å²) in [6, 6.07) is 0.163. The second-order valence-corrected chi connectivity index (χ2v) is 5.59. The first-order valence-electron chi connectivity index (χ1n) is 7.16. The molecule has 0 unspecified atom stereocenters. The van der Waals surface area contributed by atoms with E-state index in [0.717, 1.165) is 12.8 Å². The van der Waals surface area contributed by atoms with E-state index in [1.807, 2.05) is 27.7 Å². The minimum Gasteiger partial charge on any atom is -0.354 e. The van der Waals surface area contributed by atoms with Crippen LogP contribution in [0, 0.1) is 5.92 Å². The van der Waals surface area contributed by atoms with E-state index in [-0.39, 0.29) is 29.4 Å². The number of hydrogen-bond donors (Lipinski definition) is 1. The van der Waals surface area contributed by atoms with Gasteiger partial charge < -0.3 is 5.32 Å². The second kappa shape index (κ2) is 9.70. The van der Waals surface area contributed by atoms with Gasteiger partial charge in [0.15, 0.2) is 0 Å². The van der Waals surface area contributed by atoms with Crippen molar-refractivity contribution in [1.29, 1.82) is 0 Å². The Morgan fingerprint density at radius 1 is 0.842 bits per heavy atom. The van der Waals surface area contributed by atoms with Crippen LogP contribution in [0.1, 0.15) is 66.2 Å². The SMILES string of the molecule is CC(C)NC(=O)CCCCC(=O)CCC(=O)C(C)C. The first-order valence-corrected chi connectivity index (χ1v) is 7.16. The lowest BCUT2D eigenvalue weighted by Crippen LogP contribution is -2.29. The Bertz CT molecular complexity index is 309. The van der Waals surface area contributed by atoms with E-state index < -0.39 is 0 Å². The van der Waals surface area contributed by atoms with Crippen molar-refractivity contribution in [2.75, 3.05) is 0 Å². The van der Waals surface area contributed by atoms with Crippen LogP contribution in [0.5, 0.6) is 0 Å². The lowest BCUT2D eigenvalue weighted by molar-refractivity contribution is -0.126. The number of carbonyl (C=O) groups is 3. The highest BCUT2D eigenvalue weighted by molar-refractivity contribution is 5.86. The summed E-state index contributed by atoms with van der Waals surface area (Å²) in [5.41, 5.74) is 0. The molecule has 0 saturated carbocycles. The third kappa shape index (κ3) is 10.4. The summed E-state index contributed by atoms with van der Waals surface area (Å²) in [6.45, 7) is 7.54. The molecule has 0 rings (SSSR count). The van der Waals surface area contributed by atoms with Crippen molar-refractivity contribution in [1.82, 2.24) is 5.32 Å². The van der Waals surface area contributed by atoms with Crippen LogP contribution in [0.4, 0.5) is 0 Å². The molecule has 0 aromatic rings. The standard InChI is InChI=1S/C15H27NO3/c1-11(2)14(18)10-9-13(17)7-5-6-8-15(19)16-12(3)4/h11-12H,5-10H2,1-4H3,(H,16,19). The van der Waals surface area contributed by atoms with Crippen molar-refractivity contribution in [2.45, 2.75) is 72.3 Å². The Morgan fingerprint density at radius 3 is 1.95 bits per heavy atom. The van der Waals surface area contributed by atoms with E-state index in [1.165, 1.54) is 0 Å². The van der Waals surface area contributed by atoms with Gasteiger partial charge in [-0.15, -0.1) is 0 Å². The Kier molecular flexibility index (Phi) is 9.09. The Balaban J connectivity index is 3.59. The Hall–Kier alpha value is -1.19. The van der Waals surface area contributed by atoms with Crippen LogP contribution in [0.25, 0.3) is 0 Å². The lowest BCUT2D eigenvalue weighted by atomic mass is 10.0. The molecule has 1 N–H and O–H groups in total. The number of ketones is 2. The van der Waals surface area contributed by atoms with E-state index in [9.17, 15) is 14.4 Å². The summed E-state index contributed by atoms with van der Waals surface area (Å²) in [4.78, 5) is 34.3. The normalized spacial score (nSPS) is 10.8. The smallest absolute Gasteiger partial charge is 0.220 e. The highest BCUT2D eigenvalue weighted by Crippen LogP contribution is 2.07. The van der Waals surface area contributed by atoms with Crippen LogP contribution in [-0.4, -0.2) is 23.5 Å². The molecule has 0 saturated heterocycles. The van der Waals surface area contributed by atoms with Gasteiger partial charge in [0.2, 0.25) is 5.91 Å². The van der Waals surface area contributed by atoms with Gasteiger partial charge in [0.1, 0.15) is 11.6 Å². The third-order valence-corrected chi connectivity index (χ3v) is 2.85. The summed E-state index contributed by atoms with van der Waals surface area (Å²) in [5.74, 6) is 0.313. The van der Waals surface area contributed by atoms with E-state index in [1.54, 1.807) is 0 Å². The predicted octanol–water partition coefficient (Wildman–Crippen LogP) is 2.65. The first kappa shape index (κ1) is 17.8. The van der Waals surface area contributed by atoms with Crippen molar-refractivity contribution in [3.8, 4) is 0 Å². The number of unbranched alkanes of at least 4 members (excludes halogenated alkanes) is 1. The number of carbonyl (C=O) groups excluding carboxylic acids is 3. The molecule has 1 amide bonds. The highest BCUT2D eigenvalue weighted by Gasteiger charge is 2.10. The van der Waals surface area contributed by atoms with Gasteiger partial charge in [-0.1, -0.05) is 13.8 Å². The molecule has 0 aromatic heterocycles. The van der Waals surface area contributed by atoms with Gasteiger partial charge in [-0.25, -0.2) is 0 Å². The minimum atomic E-state index is 0.00697. The van der Waals surface area contributed by atoms with E-state index in [4.69, 9.17) is 0 Å². The zero-order valence-electron chi connectivity index (χ0n) is 12.6. The van der Waals surface area contributed by atoms with Crippen LogP contribution in [0.3, 0.4) is 0 Å². The van der Waals surface area contributed by atoms with Gasteiger partial charge >= 0.3 is 0 Å². The molecule has 4 heteroatoms. The van der Waals surface area contributed by atoms with Crippen LogP contribution in [0.2, 0.25) is 0 Å². The molecular weight excluding hydrogens is 242 g/mol. The zero-order valence-corrected chi connectivity index (χ0v) is 12.6. The van der Waals surface area contributed by atoms with Crippen molar-refractivity contribution in [3.05, 3.63) is 0 Å². The van der Waals surface area contributed by atoms with Crippen molar-refractivity contribution in [3.63, 3.8) is 0 Å². The molecule has 0 aromatic carbocycles. The topological polar surface area (TPSA) is 63.2 Å². The fraction of sp³-hybridized carbons (Fsp3) is 0.800. The summed E-state index contributed by atoms with van der Waals surface area (Å²) in [6.07, 6.45) is 3.08. The highest BCUT2D eigenvalue weighted by atomic mass is 16.1. The molecule has 4 nitrogen and oxygen atoms in total. The van der Waals surface area contributed by atoms with Gasteiger partial charge in [-0.2, -0.15) is 0 Å². The maximum Gasteiger partial charge on any atom is 0.220 e. The molecule has 0 fully saturated rings. The summed E-state index contributed by atoms with van der Waals surface area (Å²) in [7, 11) is 0. The zero-order chi connectivity index (χ0) is 14.8. The molecule has 0 spiro atoms. The molecular formula is C15H27NO3. The molecule has 0 aliphatic rings. The Labute approximate surface area is 116 Å². The number of hydrogen-bond acceptors (Lipinski definition) is 3. The summed E-state index contributed by atoms with van der Waals surface area (Å²) in [5, 5.41) is 2.81. The second-order valence-electron chi connectivity index (χ2n) is 5.59. The van der Waals surface area contributed by atoms with Crippen LogP contribution >= 0.6 is 0 Å². The fourth-order valence-corrected chi connectivity index (χ4v) is 1.68. The average Bonchev–Trinajstić information content (AvgIpc) is 2.30. The minimum absolute atomic E-state index is 0.00697. The number of nitrogens with one attached hydrogen (secondary N) is 1. The number of Topliss-reactive ketones (excluding diaryl/α,β-unsaturated/α-hetero) is 2. The molecule has 19 heavy (non-hydrogen) atoms. The quantitative estimate of drug-likeness (QED) is 0.620. The molecule has 0 bridgehead atoms.